The van der Waals surface area contributed by atoms with Crippen molar-refractivity contribution >= 4 is 30.7 Å². The zero-order valence-corrected chi connectivity index (χ0v) is 24.1. The van der Waals surface area contributed by atoms with Crippen LogP contribution in [0, 0.1) is 13.8 Å². The Labute approximate surface area is 215 Å². The van der Waals surface area contributed by atoms with Crippen LogP contribution in [0.15, 0.2) is 108 Å². The molecule has 0 aliphatic heterocycles. The van der Waals surface area contributed by atoms with Gasteiger partial charge >= 0.3 is 217 Å². The van der Waals surface area contributed by atoms with Gasteiger partial charge in [-0.25, -0.2) is 0 Å². The van der Waals surface area contributed by atoms with E-state index in [-0.39, 0.29) is 0 Å². The van der Waals surface area contributed by atoms with Crippen LogP contribution < -0.4 is 10.6 Å². The topological polar surface area (TPSA) is 0 Å². The summed E-state index contributed by atoms with van der Waals surface area (Å²) in [5.41, 5.74) is 9.01. The molecule has 4 aromatic rings. The number of rotatable bonds is 5. The van der Waals surface area contributed by atoms with Crippen LogP contribution >= 0.6 is 7.92 Å². The molecule has 0 heterocycles. The number of hydrogen-bond acceptors (Lipinski definition) is 0. The van der Waals surface area contributed by atoms with E-state index in [4.69, 9.17) is 0 Å². The summed E-state index contributed by atoms with van der Waals surface area (Å²) >= 11 is -1.19. The van der Waals surface area contributed by atoms with E-state index in [0.29, 0.717) is 7.35 Å². The van der Waals surface area contributed by atoms with Crippen LogP contribution in [-0.4, -0.2) is 0 Å². The van der Waals surface area contributed by atoms with E-state index in [1.165, 1.54) is 32.9 Å². The summed E-state index contributed by atoms with van der Waals surface area (Å²) in [5.74, 6) is 0. The Hall–Kier alpha value is -2.34. The summed E-state index contributed by atoms with van der Waals surface area (Å²) in [4.78, 5) is 0. The number of hydrogen-bond donors (Lipinski definition) is 0. The van der Waals surface area contributed by atoms with E-state index in [2.05, 4.69) is 129 Å². The third kappa shape index (κ3) is 3.94. The second-order valence-corrected chi connectivity index (χ2v) is 16.9. The van der Waals surface area contributed by atoms with Gasteiger partial charge in [-0.15, -0.1) is 0 Å². The van der Waals surface area contributed by atoms with Crippen molar-refractivity contribution in [1.82, 2.24) is 0 Å². The first-order chi connectivity index (χ1) is 16.7. The molecule has 2 aliphatic carbocycles. The molecule has 0 saturated carbocycles. The minimum absolute atomic E-state index is 0.553. The van der Waals surface area contributed by atoms with E-state index in [1.54, 1.807) is 16.4 Å². The molecule has 2 unspecified atom stereocenters. The van der Waals surface area contributed by atoms with E-state index < -0.39 is 30.8 Å². The average Bonchev–Trinajstić information content (AvgIpc) is 3.46. The predicted molar refractivity (Wildman–Crippen MR) is 144 cm³/mol. The maximum atomic E-state index is 2.56. The average molecular weight is 621 g/mol. The minimum atomic E-state index is -1.19. The SMILES string of the molecule is Cc1ccc(C)c2c1C=C[CH]2[Hf][CH]1C(P(c2ccccc2)c2ccccc2)=Cc2ccccc21. The first kappa shape index (κ1) is 22.1. The second-order valence-electron chi connectivity index (χ2n) is 9.17. The first-order valence-electron chi connectivity index (χ1n) is 12.0. The molecule has 6 rings (SSSR count). The molecule has 0 aromatic heterocycles. The van der Waals surface area contributed by atoms with E-state index in [1.807, 2.05) is 0 Å². The second kappa shape index (κ2) is 9.37. The van der Waals surface area contributed by atoms with Crippen molar-refractivity contribution in [3.8, 4) is 0 Å². The van der Waals surface area contributed by atoms with Crippen molar-refractivity contribution in [2.45, 2.75) is 21.2 Å². The Morgan fingerprint density at radius 2 is 1.29 bits per heavy atom. The quantitative estimate of drug-likeness (QED) is 0.159. The molecule has 34 heavy (non-hydrogen) atoms. The van der Waals surface area contributed by atoms with Crippen LogP contribution in [0.2, 0.25) is 0 Å². The summed E-state index contributed by atoms with van der Waals surface area (Å²) in [7, 11) is -0.553. The van der Waals surface area contributed by atoms with Gasteiger partial charge in [0.05, 0.1) is 0 Å². The van der Waals surface area contributed by atoms with Crippen molar-refractivity contribution in [1.29, 1.82) is 0 Å². The molecule has 2 atom stereocenters. The number of allylic oxidation sites excluding steroid dienone is 2. The Balaban J connectivity index is 1.46. The van der Waals surface area contributed by atoms with Crippen molar-refractivity contribution in [2.75, 3.05) is 0 Å². The first-order valence-corrected chi connectivity index (χ1v) is 17.4. The summed E-state index contributed by atoms with van der Waals surface area (Å²) in [6.45, 7) is 4.57. The van der Waals surface area contributed by atoms with E-state index >= 15 is 0 Å². The van der Waals surface area contributed by atoms with Crippen LogP contribution in [0.3, 0.4) is 0 Å². The molecule has 0 saturated heterocycles. The molecule has 0 radical (unpaired) electrons. The fourth-order valence-corrected chi connectivity index (χ4v) is 16.4. The molecule has 0 bridgehead atoms. The Morgan fingerprint density at radius 3 is 2.00 bits per heavy atom. The van der Waals surface area contributed by atoms with Gasteiger partial charge in [-0.1, -0.05) is 0 Å². The molecule has 0 amide bonds. The van der Waals surface area contributed by atoms with Crippen LogP contribution in [0.5, 0.6) is 0 Å². The fourth-order valence-electron chi connectivity index (χ4n) is 5.37. The van der Waals surface area contributed by atoms with Crippen molar-refractivity contribution < 1.29 is 22.9 Å². The van der Waals surface area contributed by atoms with Gasteiger partial charge in [-0.05, 0) is 0 Å². The summed E-state index contributed by atoms with van der Waals surface area (Å²) in [5, 5.41) is 4.60. The molecule has 0 spiro atoms. The molecule has 2 aliphatic rings. The van der Waals surface area contributed by atoms with Crippen molar-refractivity contribution in [3.63, 3.8) is 0 Å². The molecule has 0 N–H and O–H groups in total. The van der Waals surface area contributed by atoms with Gasteiger partial charge in [0.1, 0.15) is 0 Å². The number of aryl methyl sites for hydroxylation is 2. The molecule has 164 valence electrons. The summed E-state index contributed by atoms with van der Waals surface area (Å²) in [6, 6.07) is 36.2. The predicted octanol–water partition coefficient (Wildman–Crippen LogP) is 7.68. The molecular weight excluding hydrogens is 594 g/mol. The molecule has 0 nitrogen and oxygen atoms in total. The Morgan fingerprint density at radius 1 is 0.676 bits per heavy atom. The van der Waals surface area contributed by atoms with Crippen molar-refractivity contribution in [3.05, 3.63) is 142 Å². The van der Waals surface area contributed by atoms with Gasteiger partial charge in [0.2, 0.25) is 0 Å². The summed E-state index contributed by atoms with van der Waals surface area (Å²) < 4.78 is 1.26. The number of benzene rings is 4. The Bertz CT molecular complexity index is 1360. The van der Waals surface area contributed by atoms with Crippen molar-refractivity contribution in [2.24, 2.45) is 0 Å². The van der Waals surface area contributed by atoms with Crippen LogP contribution in [0.1, 0.15) is 40.7 Å². The normalized spacial score (nSPS) is 18.0. The maximum absolute atomic E-state index is 2.56. The monoisotopic (exact) mass is 622 g/mol. The van der Waals surface area contributed by atoms with Gasteiger partial charge in [0.25, 0.3) is 0 Å². The van der Waals surface area contributed by atoms with Crippen LogP contribution in [0.25, 0.3) is 12.2 Å². The van der Waals surface area contributed by atoms with Gasteiger partial charge in [-0.2, -0.15) is 0 Å². The van der Waals surface area contributed by atoms with Gasteiger partial charge in [0, 0.05) is 0 Å². The van der Waals surface area contributed by atoms with Gasteiger partial charge < -0.3 is 0 Å². The zero-order valence-electron chi connectivity index (χ0n) is 19.6. The number of fused-ring (bicyclic) bond motifs is 2. The molecule has 2 heteroatoms. The molecule has 0 fully saturated rings. The third-order valence-corrected chi connectivity index (χ3v) is 16.9. The third-order valence-electron chi connectivity index (χ3n) is 7.03. The Kier molecular flexibility index (Phi) is 6.10. The molecule has 4 aromatic carbocycles. The van der Waals surface area contributed by atoms with Gasteiger partial charge in [0.15, 0.2) is 0 Å². The molecular formula is C32H27HfP. The van der Waals surface area contributed by atoms with Crippen LogP contribution in [0.4, 0.5) is 0 Å². The fraction of sp³-hybridized carbons (Fsp3) is 0.125. The zero-order chi connectivity index (χ0) is 23.1. The van der Waals surface area contributed by atoms with E-state index in [0.717, 1.165) is 0 Å². The van der Waals surface area contributed by atoms with E-state index in [9.17, 15) is 0 Å². The van der Waals surface area contributed by atoms with Crippen LogP contribution in [-0.2, 0) is 22.9 Å². The van der Waals surface area contributed by atoms with Gasteiger partial charge in [-0.3, -0.25) is 0 Å². The summed E-state index contributed by atoms with van der Waals surface area (Å²) in [6.07, 6.45) is 7.51. The standard InChI is InChI=1S/C21H16P.C11H11.Hf/c1-3-11-19(12-4-1)22(20-13-5-2-6-14-20)21-15-17-9-7-8-10-18(17)16-21;1-8-6-7-9(2)11-5-3-4-10(8)11;/h1-16H;3-7H,1-2H3;.